The summed E-state index contributed by atoms with van der Waals surface area (Å²) in [6.45, 7) is 2.97. The standard InChI is InChI=1S/C13H17N3O3S2/c1-2-7-14-10-3-5-12(6-4-10)21(18,19)15-8-11-9-20-13(17)16-11/h3-6,9,14-15H,2,7-8H2,1H3,(H,16,17). The Bertz CT molecular complexity index is 733. The summed E-state index contributed by atoms with van der Waals surface area (Å²) in [6, 6.07) is 6.57. The molecule has 3 N–H and O–H groups in total. The van der Waals surface area contributed by atoms with Crippen LogP contribution in [-0.2, 0) is 16.6 Å². The molecule has 0 unspecified atom stereocenters. The molecule has 0 saturated carbocycles. The zero-order valence-corrected chi connectivity index (χ0v) is 13.2. The van der Waals surface area contributed by atoms with Gasteiger partial charge in [-0.3, -0.25) is 4.79 Å². The van der Waals surface area contributed by atoms with E-state index in [1.165, 1.54) is 0 Å². The summed E-state index contributed by atoms with van der Waals surface area (Å²) in [6.07, 6.45) is 1.00. The largest absolute Gasteiger partial charge is 0.385 e. The molecule has 6 nitrogen and oxygen atoms in total. The number of rotatable bonds is 7. The number of nitrogens with one attached hydrogen (secondary N) is 3. The molecular formula is C13H17N3O3S2. The average Bonchev–Trinajstić information content (AvgIpc) is 2.89. The van der Waals surface area contributed by atoms with Crippen LogP contribution in [0.3, 0.4) is 0 Å². The molecule has 0 bridgehead atoms. The molecule has 0 atom stereocenters. The van der Waals surface area contributed by atoms with Crippen LogP contribution in [0, 0.1) is 0 Å². The number of hydrogen-bond donors (Lipinski definition) is 3. The zero-order valence-electron chi connectivity index (χ0n) is 11.5. The van der Waals surface area contributed by atoms with Crippen LogP contribution in [0.4, 0.5) is 5.69 Å². The Kier molecular flexibility index (Phi) is 5.16. The highest BCUT2D eigenvalue weighted by Crippen LogP contribution is 2.14. The van der Waals surface area contributed by atoms with Gasteiger partial charge in [-0.15, -0.1) is 0 Å². The van der Waals surface area contributed by atoms with Gasteiger partial charge >= 0.3 is 4.87 Å². The topological polar surface area (TPSA) is 91.1 Å². The van der Waals surface area contributed by atoms with Crippen LogP contribution in [0.25, 0.3) is 0 Å². The van der Waals surface area contributed by atoms with Gasteiger partial charge in [0, 0.05) is 23.3 Å². The number of thiazole rings is 1. The summed E-state index contributed by atoms with van der Waals surface area (Å²) in [5.41, 5.74) is 1.44. The molecule has 0 aliphatic heterocycles. The fourth-order valence-electron chi connectivity index (χ4n) is 1.68. The Balaban J connectivity index is 2.03. The Labute approximate surface area is 127 Å². The molecule has 0 aliphatic carbocycles. The molecular weight excluding hydrogens is 310 g/mol. The second kappa shape index (κ2) is 6.88. The van der Waals surface area contributed by atoms with Crippen molar-refractivity contribution in [3.05, 3.63) is 45.0 Å². The Morgan fingerprint density at radius 2 is 1.95 bits per heavy atom. The average molecular weight is 327 g/mol. The number of benzene rings is 1. The minimum absolute atomic E-state index is 0.0664. The van der Waals surface area contributed by atoms with Crippen LogP contribution in [-0.4, -0.2) is 19.9 Å². The maximum atomic E-state index is 12.1. The van der Waals surface area contributed by atoms with E-state index in [-0.39, 0.29) is 16.3 Å². The fraction of sp³-hybridized carbons (Fsp3) is 0.308. The van der Waals surface area contributed by atoms with Crippen molar-refractivity contribution < 1.29 is 8.42 Å². The van der Waals surface area contributed by atoms with Crippen LogP contribution < -0.4 is 14.9 Å². The lowest BCUT2D eigenvalue weighted by atomic mass is 10.3. The SMILES string of the molecule is CCCNc1ccc(S(=O)(=O)NCc2csc(=O)[nH]2)cc1. The molecule has 8 heteroatoms. The van der Waals surface area contributed by atoms with Crippen molar-refractivity contribution in [3.8, 4) is 0 Å². The van der Waals surface area contributed by atoms with E-state index >= 15 is 0 Å². The van der Waals surface area contributed by atoms with Gasteiger partial charge in [-0.1, -0.05) is 18.3 Å². The summed E-state index contributed by atoms with van der Waals surface area (Å²) in [5, 5.41) is 4.78. The van der Waals surface area contributed by atoms with Crippen LogP contribution in [0.15, 0.2) is 39.3 Å². The number of sulfonamides is 1. The smallest absolute Gasteiger partial charge is 0.304 e. The first-order valence-corrected chi connectivity index (χ1v) is 8.88. The number of anilines is 1. The number of H-pyrrole nitrogens is 1. The fourth-order valence-corrected chi connectivity index (χ4v) is 3.27. The van der Waals surface area contributed by atoms with Gasteiger partial charge in [0.1, 0.15) is 0 Å². The van der Waals surface area contributed by atoms with Gasteiger partial charge in [-0.05, 0) is 30.7 Å². The molecule has 0 saturated heterocycles. The lowest BCUT2D eigenvalue weighted by Crippen LogP contribution is -2.23. The first-order valence-electron chi connectivity index (χ1n) is 6.51. The predicted octanol–water partition coefficient (Wildman–Crippen LogP) is 1.74. The van der Waals surface area contributed by atoms with Crippen molar-refractivity contribution in [2.75, 3.05) is 11.9 Å². The Hall–Kier alpha value is -1.64. The first kappa shape index (κ1) is 15.7. The minimum atomic E-state index is -3.58. The highest BCUT2D eigenvalue weighted by atomic mass is 32.2. The van der Waals surface area contributed by atoms with Gasteiger partial charge in [0.25, 0.3) is 0 Å². The van der Waals surface area contributed by atoms with Crippen LogP contribution in [0.5, 0.6) is 0 Å². The van der Waals surface area contributed by atoms with E-state index in [1.54, 1.807) is 29.6 Å². The van der Waals surface area contributed by atoms with Gasteiger partial charge in [-0.2, -0.15) is 0 Å². The molecule has 1 aromatic heterocycles. The summed E-state index contributed by atoms with van der Waals surface area (Å²) in [5.74, 6) is 0. The van der Waals surface area contributed by atoms with Crippen molar-refractivity contribution in [3.63, 3.8) is 0 Å². The molecule has 0 radical (unpaired) electrons. The first-order chi connectivity index (χ1) is 10.0. The lowest BCUT2D eigenvalue weighted by Gasteiger charge is -2.08. The summed E-state index contributed by atoms with van der Waals surface area (Å²) >= 11 is 1.01. The van der Waals surface area contributed by atoms with Crippen molar-refractivity contribution in [2.24, 2.45) is 0 Å². The molecule has 0 fully saturated rings. The van der Waals surface area contributed by atoms with E-state index in [2.05, 4.69) is 21.9 Å². The number of hydrogen-bond acceptors (Lipinski definition) is 5. The van der Waals surface area contributed by atoms with Crippen molar-refractivity contribution in [2.45, 2.75) is 24.8 Å². The molecule has 21 heavy (non-hydrogen) atoms. The van der Waals surface area contributed by atoms with E-state index < -0.39 is 10.0 Å². The molecule has 0 aliphatic rings. The maximum Gasteiger partial charge on any atom is 0.304 e. The molecule has 2 aromatic rings. The summed E-state index contributed by atoms with van der Waals surface area (Å²) < 4.78 is 26.7. The second-order valence-corrected chi connectivity index (χ2v) is 7.06. The van der Waals surface area contributed by atoms with Crippen molar-refractivity contribution >= 4 is 27.0 Å². The highest BCUT2D eigenvalue weighted by molar-refractivity contribution is 7.89. The van der Waals surface area contributed by atoms with Gasteiger partial charge < -0.3 is 10.3 Å². The van der Waals surface area contributed by atoms with Crippen molar-refractivity contribution in [1.29, 1.82) is 0 Å². The molecule has 1 aromatic carbocycles. The van der Waals surface area contributed by atoms with Crippen LogP contribution in [0.2, 0.25) is 0 Å². The monoisotopic (exact) mass is 327 g/mol. The third kappa shape index (κ3) is 4.42. The molecule has 2 rings (SSSR count). The van der Waals surface area contributed by atoms with Gasteiger partial charge in [0.2, 0.25) is 10.0 Å². The second-order valence-electron chi connectivity index (χ2n) is 4.45. The highest BCUT2D eigenvalue weighted by Gasteiger charge is 2.13. The van der Waals surface area contributed by atoms with E-state index in [0.717, 1.165) is 30.0 Å². The van der Waals surface area contributed by atoms with Crippen LogP contribution >= 0.6 is 11.3 Å². The molecule has 0 spiro atoms. The maximum absolute atomic E-state index is 12.1. The minimum Gasteiger partial charge on any atom is -0.385 e. The third-order valence-corrected chi connectivity index (χ3v) is 4.90. The quantitative estimate of drug-likeness (QED) is 0.722. The molecule has 0 amide bonds. The van der Waals surface area contributed by atoms with E-state index in [0.29, 0.717) is 5.69 Å². The lowest BCUT2D eigenvalue weighted by molar-refractivity contribution is 0.580. The third-order valence-electron chi connectivity index (χ3n) is 2.77. The Morgan fingerprint density at radius 3 is 2.52 bits per heavy atom. The summed E-state index contributed by atoms with van der Waals surface area (Å²) in [4.78, 5) is 13.5. The number of aromatic nitrogens is 1. The van der Waals surface area contributed by atoms with E-state index in [9.17, 15) is 13.2 Å². The van der Waals surface area contributed by atoms with Crippen molar-refractivity contribution in [1.82, 2.24) is 9.71 Å². The Morgan fingerprint density at radius 1 is 1.24 bits per heavy atom. The summed E-state index contributed by atoms with van der Waals surface area (Å²) in [7, 11) is -3.58. The van der Waals surface area contributed by atoms with E-state index in [4.69, 9.17) is 0 Å². The van der Waals surface area contributed by atoms with Crippen LogP contribution in [0.1, 0.15) is 19.0 Å². The number of aromatic amines is 1. The predicted molar refractivity (Wildman–Crippen MR) is 84.2 cm³/mol. The van der Waals surface area contributed by atoms with Gasteiger partial charge in [0.05, 0.1) is 11.4 Å². The zero-order chi connectivity index (χ0) is 15.3. The van der Waals surface area contributed by atoms with Gasteiger partial charge in [0.15, 0.2) is 0 Å². The van der Waals surface area contributed by atoms with E-state index in [1.807, 2.05) is 0 Å². The van der Waals surface area contributed by atoms with Gasteiger partial charge in [-0.25, -0.2) is 13.1 Å². The molecule has 114 valence electrons. The molecule has 1 heterocycles. The normalized spacial score (nSPS) is 11.5.